The number of rotatable bonds is 9. The van der Waals surface area contributed by atoms with Crippen LogP contribution >= 0.6 is 0 Å². The number of aromatic nitrogens is 4. The molecule has 1 aliphatic rings. The van der Waals surface area contributed by atoms with E-state index in [4.69, 9.17) is 4.52 Å². The van der Waals surface area contributed by atoms with Gasteiger partial charge in [0.2, 0.25) is 5.76 Å². The lowest BCUT2D eigenvalue weighted by Gasteiger charge is -2.19. The van der Waals surface area contributed by atoms with Gasteiger partial charge in [0, 0.05) is 41.9 Å². The summed E-state index contributed by atoms with van der Waals surface area (Å²) in [5.74, 6) is -0.137. The van der Waals surface area contributed by atoms with Crippen LogP contribution in [0.2, 0.25) is 0 Å². The molecule has 1 fully saturated rings. The van der Waals surface area contributed by atoms with Crippen molar-refractivity contribution < 1.29 is 18.1 Å². The van der Waals surface area contributed by atoms with Crippen LogP contribution in [0.3, 0.4) is 0 Å². The largest absolute Gasteiger partial charge is 0.363 e. The Bertz CT molecular complexity index is 1320. The molecule has 4 aromatic rings. The summed E-state index contributed by atoms with van der Waals surface area (Å²) in [5, 5.41) is 19.5. The summed E-state index contributed by atoms with van der Waals surface area (Å²) in [6, 6.07) is 10.3. The smallest absolute Gasteiger partial charge is 0.290 e. The maximum atomic E-state index is 15.0. The zero-order valence-electron chi connectivity index (χ0n) is 18.8. The molecule has 0 aliphatic heterocycles. The Morgan fingerprint density at radius 3 is 2.69 bits per heavy atom. The van der Waals surface area contributed by atoms with Crippen molar-refractivity contribution in [2.75, 3.05) is 10.6 Å². The number of nitrogens with one attached hydrogen (secondary N) is 4. The van der Waals surface area contributed by atoms with Gasteiger partial charge in [-0.15, -0.1) is 0 Å². The van der Waals surface area contributed by atoms with Crippen molar-refractivity contribution in [2.45, 2.75) is 38.3 Å². The number of aromatic amines is 1. The predicted octanol–water partition coefficient (Wildman–Crippen LogP) is 4.80. The van der Waals surface area contributed by atoms with E-state index in [2.05, 4.69) is 36.3 Å². The van der Waals surface area contributed by atoms with E-state index in [1.165, 1.54) is 30.5 Å². The Kier molecular flexibility index (Phi) is 6.13. The molecule has 1 atom stereocenters. The molecule has 1 aromatic carbocycles. The van der Waals surface area contributed by atoms with E-state index in [1.54, 1.807) is 12.1 Å². The third-order valence-electron chi connectivity index (χ3n) is 5.74. The summed E-state index contributed by atoms with van der Waals surface area (Å²) in [5.41, 5.74) is 2.23. The van der Waals surface area contributed by atoms with Crippen LogP contribution in [-0.2, 0) is 6.54 Å². The van der Waals surface area contributed by atoms with E-state index in [0.717, 1.165) is 24.1 Å². The molecular formula is C24H23F2N7O2. The quantitative estimate of drug-likeness (QED) is 0.272. The number of halogens is 2. The van der Waals surface area contributed by atoms with Gasteiger partial charge in [-0.1, -0.05) is 17.3 Å². The molecule has 0 radical (unpaired) electrons. The van der Waals surface area contributed by atoms with Gasteiger partial charge in [0.25, 0.3) is 5.91 Å². The number of hydrogen-bond donors (Lipinski definition) is 4. The molecule has 1 unspecified atom stereocenters. The lowest BCUT2D eigenvalue weighted by Crippen LogP contribution is -2.24. The topological polar surface area (TPSA) is 121 Å². The Labute approximate surface area is 199 Å². The fourth-order valence-electron chi connectivity index (χ4n) is 3.63. The first-order chi connectivity index (χ1) is 17.0. The number of anilines is 3. The van der Waals surface area contributed by atoms with Crippen molar-refractivity contribution in [1.29, 1.82) is 0 Å². The zero-order valence-corrected chi connectivity index (χ0v) is 18.8. The van der Waals surface area contributed by atoms with Crippen LogP contribution in [0.1, 0.15) is 59.1 Å². The summed E-state index contributed by atoms with van der Waals surface area (Å²) in [4.78, 5) is 16.7. The highest BCUT2D eigenvalue weighted by atomic mass is 19.1. The van der Waals surface area contributed by atoms with E-state index in [1.807, 2.05) is 13.0 Å². The highest BCUT2D eigenvalue weighted by molar-refractivity contribution is 5.91. The number of carbonyl (C=O) groups is 1. The summed E-state index contributed by atoms with van der Waals surface area (Å²) in [6.45, 7) is 1.86. The van der Waals surface area contributed by atoms with E-state index < -0.39 is 11.7 Å². The van der Waals surface area contributed by atoms with Crippen molar-refractivity contribution >= 4 is 23.4 Å². The second-order valence-corrected chi connectivity index (χ2v) is 8.41. The van der Waals surface area contributed by atoms with Crippen LogP contribution < -0.4 is 16.0 Å². The number of carbonyl (C=O) groups excluding carboxylic acids is 1. The molecule has 0 saturated heterocycles. The highest BCUT2D eigenvalue weighted by Gasteiger charge is 2.26. The molecule has 4 N–H and O–H groups in total. The van der Waals surface area contributed by atoms with E-state index in [0.29, 0.717) is 23.1 Å². The van der Waals surface area contributed by atoms with Crippen LogP contribution in [0.4, 0.5) is 26.2 Å². The molecule has 11 heteroatoms. The second kappa shape index (κ2) is 9.53. The van der Waals surface area contributed by atoms with Crippen molar-refractivity contribution in [2.24, 2.45) is 0 Å². The normalized spacial score (nSPS) is 13.9. The Morgan fingerprint density at radius 2 is 1.97 bits per heavy atom. The monoisotopic (exact) mass is 479 g/mol. The Balaban J connectivity index is 1.40. The molecule has 0 bridgehead atoms. The molecule has 0 spiro atoms. The van der Waals surface area contributed by atoms with Crippen molar-refractivity contribution in [3.8, 4) is 0 Å². The van der Waals surface area contributed by atoms with Crippen LogP contribution in [0.5, 0.6) is 0 Å². The molecule has 1 amide bonds. The maximum Gasteiger partial charge on any atom is 0.290 e. The fraction of sp³-hybridized carbons (Fsp3) is 0.250. The summed E-state index contributed by atoms with van der Waals surface area (Å²) in [6.07, 6.45) is 3.58. The Hall–Kier alpha value is -4.28. The van der Waals surface area contributed by atoms with Crippen molar-refractivity contribution in [3.05, 3.63) is 82.9 Å². The minimum atomic E-state index is -0.607. The molecular weight excluding hydrogens is 456 g/mol. The summed E-state index contributed by atoms with van der Waals surface area (Å²) in [7, 11) is 0. The number of H-pyrrole nitrogens is 1. The van der Waals surface area contributed by atoms with Crippen LogP contribution in [0.15, 0.2) is 53.2 Å². The van der Waals surface area contributed by atoms with Gasteiger partial charge in [-0.25, -0.2) is 13.8 Å². The first-order valence-corrected chi connectivity index (χ1v) is 11.2. The van der Waals surface area contributed by atoms with Gasteiger partial charge in [-0.3, -0.25) is 9.89 Å². The predicted molar refractivity (Wildman–Crippen MR) is 124 cm³/mol. The lowest BCUT2D eigenvalue weighted by molar-refractivity contribution is 0.0914. The fourth-order valence-corrected chi connectivity index (χ4v) is 3.63. The first-order valence-electron chi connectivity index (χ1n) is 11.2. The second-order valence-electron chi connectivity index (χ2n) is 8.41. The van der Waals surface area contributed by atoms with Gasteiger partial charge in [0.1, 0.15) is 11.6 Å². The van der Waals surface area contributed by atoms with Crippen LogP contribution in [-0.4, -0.2) is 26.2 Å². The number of nitrogens with zero attached hydrogens (tertiary/aromatic N) is 3. The SMILES string of the molecule is CC(Nc1nc(Nc2cc(C3CC3)[nH]n2)c(F)cc1CNC(=O)c1ccno1)c1ccc(F)cc1. The van der Waals surface area contributed by atoms with Crippen molar-refractivity contribution in [1.82, 2.24) is 25.7 Å². The first kappa shape index (κ1) is 22.5. The maximum absolute atomic E-state index is 15.0. The minimum absolute atomic E-state index is 0.0158. The van der Waals surface area contributed by atoms with Crippen molar-refractivity contribution in [3.63, 3.8) is 0 Å². The zero-order chi connectivity index (χ0) is 24.4. The van der Waals surface area contributed by atoms with Gasteiger partial charge in [0.05, 0.1) is 6.20 Å². The average Bonchev–Trinajstić information content (AvgIpc) is 3.34. The van der Waals surface area contributed by atoms with E-state index >= 15 is 4.39 Å². The molecule has 180 valence electrons. The van der Waals surface area contributed by atoms with Crippen LogP contribution in [0.25, 0.3) is 0 Å². The van der Waals surface area contributed by atoms with Gasteiger partial charge < -0.3 is 20.5 Å². The number of benzene rings is 1. The van der Waals surface area contributed by atoms with Gasteiger partial charge in [0.15, 0.2) is 17.5 Å². The molecule has 35 heavy (non-hydrogen) atoms. The summed E-state index contributed by atoms with van der Waals surface area (Å²) >= 11 is 0. The molecule has 3 heterocycles. The third kappa shape index (κ3) is 5.29. The standard InChI is InChI=1S/C24H23F2N7O2/c1-13(14-4-6-17(25)7-5-14)29-22-16(12-27-24(34)20-8-9-28-35-20)10-18(26)23(31-22)30-21-11-19(32-33-21)15-2-3-15/h4-11,13,15H,2-3,12H2,1H3,(H,27,34)(H3,29,30,31,32,33). The van der Waals surface area contributed by atoms with E-state index in [9.17, 15) is 9.18 Å². The van der Waals surface area contributed by atoms with Crippen LogP contribution in [0, 0.1) is 11.6 Å². The number of hydrogen-bond acceptors (Lipinski definition) is 7. The van der Waals surface area contributed by atoms with E-state index in [-0.39, 0.29) is 30.0 Å². The van der Waals surface area contributed by atoms with Gasteiger partial charge in [-0.2, -0.15) is 5.10 Å². The third-order valence-corrected chi connectivity index (χ3v) is 5.74. The lowest BCUT2D eigenvalue weighted by atomic mass is 10.1. The molecule has 3 aromatic heterocycles. The molecule has 9 nitrogen and oxygen atoms in total. The highest BCUT2D eigenvalue weighted by Crippen LogP contribution is 2.39. The van der Waals surface area contributed by atoms with Gasteiger partial charge in [-0.05, 0) is 43.5 Å². The number of amides is 1. The molecule has 1 aliphatic carbocycles. The minimum Gasteiger partial charge on any atom is -0.363 e. The molecule has 1 saturated carbocycles. The number of pyridine rings is 1. The Morgan fingerprint density at radius 1 is 1.17 bits per heavy atom. The average molecular weight is 479 g/mol. The summed E-state index contributed by atoms with van der Waals surface area (Å²) < 4.78 is 33.2. The molecule has 5 rings (SSSR count). The van der Waals surface area contributed by atoms with Gasteiger partial charge >= 0.3 is 0 Å².